The van der Waals surface area contributed by atoms with E-state index in [1.54, 1.807) is 31.2 Å². The zero-order valence-electron chi connectivity index (χ0n) is 19.2. The Balaban J connectivity index is 2.21. The highest BCUT2D eigenvalue weighted by molar-refractivity contribution is 6.31. The number of ether oxygens (including phenoxy) is 3. The fourth-order valence-electron chi connectivity index (χ4n) is 2.95. The fourth-order valence-corrected chi connectivity index (χ4v) is 3.15. The Labute approximate surface area is 194 Å². The maximum Gasteiger partial charge on any atom is 0.261 e. The van der Waals surface area contributed by atoms with Gasteiger partial charge in [-0.05, 0) is 31.9 Å². The lowest BCUT2D eigenvalue weighted by atomic mass is 10.1. The highest BCUT2D eigenvalue weighted by Gasteiger charge is 2.27. The summed E-state index contributed by atoms with van der Waals surface area (Å²) in [5.41, 5.74) is 0.744. The van der Waals surface area contributed by atoms with Crippen molar-refractivity contribution in [1.29, 1.82) is 0 Å². The number of hydrogen-bond donors (Lipinski definition) is 1. The monoisotopic (exact) mass is 462 g/mol. The summed E-state index contributed by atoms with van der Waals surface area (Å²) in [5, 5.41) is 3.46. The Morgan fingerprint density at radius 1 is 1.03 bits per heavy atom. The summed E-state index contributed by atoms with van der Waals surface area (Å²) < 4.78 is 16.2. The topological polar surface area (TPSA) is 77.1 Å². The van der Waals surface area contributed by atoms with Crippen LogP contribution in [0.1, 0.15) is 32.8 Å². The van der Waals surface area contributed by atoms with Crippen LogP contribution in [-0.4, -0.2) is 49.6 Å². The molecule has 0 heterocycles. The van der Waals surface area contributed by atoms with E-state index in [4.69, 9.17) is 25.8 Å². The van der Waals surface area contributed by atoms with Crippen LogP contribution < -0.4 is 19.5 Å². The van der Waals surface area contributed by atoms with Crippen LogP contribution in [0.5, 0.6) is 17.2 Å². The summed E-state index contributed by atoms with van der Waals surface area (Å²) in [6, 6.07) is 11.6. The van der Waals surface area contributed by atoms with Gasteiger partial charge in [-0.15, -0.1) is 0 Å². The first-order valence-electron chi connectivity index (χ1n) is 10.5. The molecule has 2 aromatic carbocycles. The molecule has 32 heavy (non-hydrogen) atoms. The molecule has 0 saturated carbocycles. The molecule has 0 fully saturated rings. The molecular weight excluding hydrogens is 432 g/mol. The van der Waals surface area contributed by atoms with E-state index in [0.29, 0.717) is 22.3 Å². The van der Waals surface area contributed by atoms with Crippen molar-refractivity contribution in [1.82, 2.24) is 10.2 Å². The maximum atomic E-state index is 13.2. The van der Waals surface area contributed by atoms with Gasteiger partial charge in [0.2, 0.25) is 5.91 Å². The number of methoxy groups -OCH3 is 2. The molecule has 0 bridgehead atoms. The van der Waals surface area contributed by atoms with Gasteiger partial charge in [-0.2, -0.15) is 0 Å². The minimum atomic E-state index is -0.712. The number of carbonyl (C=O) groups excluding carboxylic acids is 2. The molecule has 2 atom stereocenters. The van der Waals surface area contributed by atoms with E-state index >= 15 is 0 Å². The standard InChI is InChI=1S/C24H31ClN2O5/c1-6-16(2)26-24(29)17(3)27(14-18-9-7-8-10-22(18)25)23(28)15-32-21-12-19(30-4)11-20(13-21)31-5/h7-13,16-17H,6,14-15H2,1-5H3,(H,26,29)/t16-,17+/m0/s1. The SMILES string of the molecule is CC[C@H](C)NC(=O)[C@@H](C)N(Cc1ccccc1Cl)C(=O)COc1cc(OC)cc(OC)c1. The molecule has 0 spiro atoms. The van der Waals surface area contributed by atoms with Crippen molar-refractivity contribution >= 4 is 23.4 Å². The quantitative estimate of drug-likeness (QED) is 0.544. The van der Waals surface area contributed by atoms with Crippen LogP contribution in [-0.2, 0) is 16.1 Å². The van der Waals surface area contributed by atoms with Gasteiger partial charge in [0.1, 0.15) is 23.3 Å². The Morgan fingerprint density at radius 2 is 1.62 bits per heavy atom. The number of nitrogens with zero attached hydrogens (tertiary/aromatic N) is 1. The predicted molar refractivity (Wildman–Crippen MR) is 124 cm³/mol. The van der Waals surface area contributed by atoms with E-state index in [1.807, 2.05) is 32.0 Å². The van der Waals surface area contributed by atoms with Gasteiger partial charge in [0, 0.05) is 35.8 Å². The van der Waals surface area contributed by atoms with Gasteiger partial charge < -0.3 is 24.4 Å². The van der Waals surface area contributed by atoms with E-state index in [0.717, 1.165) is 12.0 Å². The van der Waals surface area contributed by atoms with Crippen LogP contribution in [0.3, 0.4) is 0 Å². The normalized spacial score (nSPS) is 12.4. The molecular formula is C24H31ClN2O5. The molecule has 0 saturated heterocycles. The fraction of sp³-hybridized carbons (Fsp3) is 0.417. The Bertz CT molecular complexity index is 899. The first-order valence-corrected chi connectivity index (χ1v) is 10.9. The second-order valence-corrected chi connectivity index (χ2v) is 7.85. The van der Waals surface area contributed by atoms with Crippen molar-refractivity contribution in [3.63, 3.8) is 0 Å². The van der Waals surface area contributed by atoms with Crippen molar-refractivity contribution < 1.29 is 23.8 Å². The van der Waals surface area contributed by atoms with Crippen LogP contribution in [0.2, 0.25) is 5.02 Å². The zero-order valence-corrected chi connectivity index (χ0v) is 19.9. The highest BCUT2D eigenvalue weighted by atomic mass is 35.5. The molecule has 2 amide bonds. The number of rotatable bonds is 11. The summed E-state index contributed by atoms with van der Waals surface area (Å²) in [6.07, 6.45) is 0.789. The number of hydrogen-bond acceptors (Lipinski definition) is 5. The van der Waals surface area contributed by atoms with E-state index in [-0.39, 0.29) is 31.0 Å². The van der Waals surface area contributed by atoms with Gasteiger partial charge in [-0.3, -0.25) is 9.59 Å². The molecule has 7 nitrogen and oxygen atoms in total. The Hall–Kier alpha value is -2.93. The summed E-state index contributed by atoms with van der Waals surface area (Å²) in [7, 11) is 3.07. The van der Waals surface area contributed by atoms with Gasteiger partial charge in [-0.1, -0.05) is 36.7 Å². The smallest absolute Gasteiger partial charge is 0.261 e. The average molecular weight is 463 g/mol. The molecule has 1 N–H and O–H groups in total. The van der Waals surface area contributed by atoms with Crippen LogP contribution in [0, 0.1) is 0 Å². The Morgan fingerprint density at radius 3 is 2.19 bits per heavy atom. The molecule has 2 rings (SSSR count). The van der Waals surface area contributed by atoms with Crippen molar-refractivity contribution in [2.24, 2.45) is 0 Å². The number of halogens is 1. The second kappa shape index (κ2) is 12.2. The molecule has 174 valence electrons. The molecule has 0 aromatic heterocycles. The predicted octanol–water partition coefficient (Wildman–Crippen LogP) is 4.07. The first-order chi connectivity index (χ1) is 15.3. The van der Waals surface area contributed by atoms with E-state index in [1.165, 1.54) is 19.1 Å². The van der Waals surface area contributed by atoms with Crippen molar-refractivity contribution in [3.05, 3.63) is 53.1 Å². The zero-order chi connectivity index (χ0) is 23.7. The van der Waals surface area contributed by atoms with Gasteiger partial charge in [-0.25, -0.2) is 0 Å². The number of nitrogens with one attached hydrogen (secondary N) is 1. The second-order valence-electron chi connectivity index (χ2n) is 7.44. The van der Waals surface area contributed by atoms with Crippen molar-refractivity contribution in [3.8, 4) is 17.2 Å². The molecule has 0 aliphatic carbocycles. The number of benzene rings is 2. The van der Waals surface area contributed by atoms with Gasteiger partial charge in [0.25, 0.3) is 5.91 Å². The van der Waals surface area contributed by atoms with Gasteiger partial charge >= 0.3 is 0 Å². The number of amides is 2. The Kier molecular flexibility index (Phi) is 9.65. The lowest BCUT2D eigenvalue weighted by Gasteiger charge is -2.30. The van der Waals surface area contributed by atoms with Gasteiger partial charge in [0.15, 0.2) is 6.61 Å². The summed E-state index contributed by atoms with van der Waals surface area (Å²) in [6.45, 7) is 5.52. The minimum Gasteiger partial charge on any atom is -0.496 e. The molecule has 0 aliphatic heterocycles. The van der Waals surface area contributed by atoms with Crippen LogP contribution >= 0.6 is 11.6 Å². The highest BCUT2D eigenvalue weighted by Crippen LogP contribution is 2.27. The third-order valence-corrected chi connectivity index (χ3v) is 5.52. The maximum absolute atomic E-state index is 13.2. The molecule has 2 aromatic rings. The summed E-state index contributed by atoms with van der Waals surface area (Å²) >= 11 is 6.31. The third-order valence-electron chi connectivity index (χ3n) is 5.15. The lowest BCUT2D eigenvalue weighted by molar-refractivity contribution is -0.142. The van der Waals surface area contributed by atoms with E-state index in [9.17, 15) is 9.59 Å². The summed E-state index contributed by atoms with van der Waals surface area (Å²) in [4.78, 5) is 27.4. The van der Waals surface area contributed by atoms with Crippen LogP contribution in [0.25, 0.3) is 0 Å². The molecule has 0 unspecified atom stereocenters. The van der Waals surface area contributed by atoms with Crippen LogP contribution in [0.4, 0.5) is 0 Å². The molecule has 8 heteroatoms. The largest absolute Gasteiger partial charge is 0.496 e. The molecule has 0 radical (unpaired) electrons. The summed E-state index contributed by atoms with van der Waals surface area (Å²) in [5.74, 6) is 0.923. The van der Waals surface area contributed by atoms with E-state index < -0.39 is 6.04 Å². The van der Waals surface area contributed by atoms with Crippen molar-refractivity contribution in [2.75, 3.05) is 20.8 Å². The van der Waals surface area contributed by atoms with E-state index in [2.05, 4.69) is 5.32 Å². The molecule has 0 aliphatic rings. The van der Waals surface area contributed by atoms with Crippen molar-refractivity contribution in [2.45, 2.75) is 45.8 Å². The average Bonchev–Trinajstić information content (AvgIpc) is 2.81. The third kappa shape index (κ3) is 7.05. The van der Waals surface area contributed by atoms with Crippen LogP contribution in [0.15, 0.2) is 42.5 Å². The lowest BCUT2D eigenvalue weighted by Crippen LogP contribution is -2.50. The van der Waals surface area contributed by atoms with Gasteiger partial charge in [0.05, 0.1) is 14.2 Å². The minimum absolute atomic E-state index is 0.00251. The number of carbonyl (C=O) groups is 2. The first kappa shape index (κ1) is 25.3.